The SMILES string of the molecule is CCC1NC(=O)CC(C)N(Cc2cc(Br)cs2)C1=O. The van der Waals surface area contributed by atoms with Gasteiger partial charge < -0.3 is 10.2 Å². The Balaban J connectivity index is 2.19. The molecule has 1 fully saturated rings. The van der Waals surface area contributed by atoms with Gasteiger partial charge in [-0.1, -0.05) is 6.92 Å². The molecular weight excluding hydrogens is 328 g/mol. The summed E-state index contributed by atoms with van der Waals surface area (Å²) in [6.07, 6.45) is 0.997. The second kappa shape index (κ2) is 6.05. The van der Waals surface area contributed by atoms with E-state index in [9.17, 15) is 9.59 Å². The van der Waals surface area contributed by atoms with Crippen molar-refractivity contribution in [1.29, 1.82) is 0 Å². The van der Waals surface area contributed by atoms with E-state index in [2.05, 4.69) is 21.2 Å². The predicted octanol–water partition coefficient (Wildman–Crippen LogP) is 2.53. The fourth-order valence-corrected chi connectivity index (χ4v) is 3.67. The van der Waals surface area contributed by atoms with Gasteiger partial charge in [-0.3, -0.25) is 9.59 Å². The van der Waals surface area contributed by atoms with Crippen LogP contribution in [0.3, 0.4) is 0 Å². The number of halogens is 1. The van der Waals surface area contributed by atoms with E-state index in [0.717, 1.165) is 9.35 Å². The lowest BCUT2D eigenvalue weighted by atomic mass is 10.1. The fraction of sp³-hybridized carbons (Fsp3) is 0.538. The molecule has 2 heterocycles. The van der Waals surface area contributed by atoms with Gasteiger partial charge >= 0.3 is 0 Å². The molecule has 2 unspecified atom stereocenters. The van der Waals surface area contributed by atoms with Crippen LogP contribution in [-0.2, 0) is 16.1 Å². The van der Waals surface area contributed by atoms with Crippen LogP contribution >= 0.6 is 27.3 Å². The highest BCUT2D eigenvalue weighted by Crippen LogP contribution is 2.24. The van der Waals surface area contributed by atoms with E-state index < -0.39 is 0 Å². The molecule has 2 rings (SSSR count). The van der Waals surface area contributed by atoms with Gasteiger partial charge in [0.05, 0.1) is 6.54 Å². The molecule has 2 amide bonds. The molecule has 0 aliphatic carbocycles. The zero-order valence-corrected chi connectivity index (χ0v) is 13.4. The molecule has 0 spiro atoms. The highest BCUT2D eigenvalue weighted by molar-refractivity contribution is 9.10. The number of nitrogens with zero attached hydrogens (tertiary/aromatic N) is 1. The molecular formula is C13H17BrN2O2S. The third-order valence-electron chi connectivity index (χ3n) is 3.29. The van der Waals surface area contributed by atoms with E-state index in [-0.39, 0.29) is 23.9 Å². The van der Waals surface area contributed by atoms with E-state index >= 15 is 0 Å². The van der Waals surface area contributed by atoms with Gasteiger partial charge in [0.15, 0.2) is 0 Å². The van der Waals surface area contributed by atoms with Crippen molar-refractivity contribution in [3.8, 4) is 0 Å². The van der Waals surface area contributed by atoms with Crippen LogP contribution in [0.15, 0.2) is 15.9 Å². The summed E-state index contributed by atoms with van der Waals surface area (Å²) in [6, 6.07) is 1.57. The Bertz CT molecular complexity index is 489. The van der Waals surface area contributed by atoms with Gasteiger partial charge in [-0.2, -0.15) is 0 Å². The first-order valence-corrected chi connectivity index (χ1v) is 8.01. The first-order valence-electron chi connectivity index (χ1n) is 6.34. The Morgan fingerprint density at radius 2 is 2.26 bits per heavy atom. The standard InChI is InChI=1S/C13H17BrN2O2S/c1-3-11-13(18)16(8(2)4-12(17)15-11)6-10-5-9(14)7-19-10/h5,7-8,11H,3-4,6H2,1-2H3,(H,15,17). The maximum Gasteiger partial charge on any atom is 0.245 e. The Hall–Kier alpha value is -0.880. The van der Waals surface area contributed by atoms with Crippen LogP contribution in [0.4, 0.5) is 0 Å². The maximum absolute atomic E-state index is 12.4. The van der Waals surface area contributed by atoms with E-state index in [4.69, 9.17) is 0 Å². The number of carbonyl (C=O) groups is 2. The number of hydrogen-bond donors (Lipinski definition) is 1. The molecule has 0 saturated carbocycles. The average Bonchev–Trinajstić information content (AvgIpc) is 2.73. The number of carbonyl (C=O) groups excluding carboxylic acids is 2. The molecule has 1 aliphatic rings. The highest BCUT2D eigenvalue weighted by Gasteiger charge is 2.32. The van der Waals surface area contributed by atoms with Gasteiger partial charge in [0.25, 0.3) is 0 Å². The molecule has 104 valence electrons. The van der Waals surface area contributed by atoms with Crippen LogP contribution < -0.4 is 5.32 Å². The molecule has 6 heteroatoms. The van der Waals surface area contributed by atoms with Crippen molar-refractivity contribution in [1.82, 2.24) is 10.2 Å². The van der Waals surface area contributed by atoms with Crippen molar-refractivity contribution in [2.45, 2.75) is 45.3 Å². The van der Waals surface area contributed by atoms with Gasteiger partial charge in [0, 0.05) is 27.2 Å². The topological polar surface area (TPSA) is 49.4 Å². The number of nitrogens with one attached hydrogen (secondary N) is 1. The lowest BCUT2D eigenvalue weighted by molar-refractivity contribution is -0.135. The van der Waals surface area contributed by atoms with E-state index in [0.29, 0.717) is 19.4 Å². The van der Waals surface area contributed by atoms with Crippen molar-refractivity contribution >= 4 is 39.1 Å². The number of amides is 2. The Morgan fingerprint density at radius 1 is 1.53 bits per heavy atom. The normalized spacial score (nSPS) is 24.3. The summed E-state index contributed by atoms with van der Waals surface area (Å²) >= 11 is 5.04. The summed E-state index contributed by atoms with van der Waals surface area (Å²) in [5.74, 6) is -0.0204. The summed E-state index contributed by atoms with van der Waals surface area (Å²) in [7, 11) is 0. The fourth-order valence-electron chi connectivity index (χ4n) is 2.23. The minimum absolute atomic E-state index is 0.0189. The van der Waals surface area contributed by atoms with Crippen molar-refractivity contribution in [2.24, 2.45) is 0 Å². The number of thiophene rings is 1. The quantitative estimate of drug-likeness (QED) is 0.915. The zero-order chi connectivity index (χ0) is 14.0. The third kappa shape index (κ3) is 3.36. The highest BCUT2D eigenvalue weighted by atomic mass is 79.9. The minimum Gasteiger partial charge on any atom is -0.344 e. The Labute approximate surface area is 125 Å². The monoisotopic (exact) mass is 344 g/mol. The molecule has 1 aromatic rings. The summed E-state index contributed by atoms with van der Waals surface area (Å²) in [5.41, 5.74) is 0. The van der Waals surface area contributed by atoms with Crippen LogP contribution in [0, 0.1) is 0 Å². The van der Waals surface area contributed by atoms with E-state index in [1.54, 1.807) is 11.3 Å². The van der Waals surface area contributed by atoms with Crippen molar-refractivity contribution in [2.75, 3.05) is 0 Å². The van der Waals surface area contributed by atoms with Crippen LogP contribution in [0.25, 0.3) is 0 Å². The number of hydrogen-bond acceptors (Lipinski definition) is 3. The van der Waals surface area contributed by atoms with Gasteiger partial charge in [-0.15, -0.1) is 11.3 Å². The smallest absolute Gasteiger partial charge is 0.245 e. The number of rotatable bonds is 3. The minimum atomic E-state index is -0.388. The molecule has 4 nitrogen and oxygen atoms in total. The molecule has 19 heavy (non-hydrogen) atoms. The molecule has 1 N–H and O–H groups in total. The molecule has 0 aromatic carbocycles. The van der Waals surface area contributed by atoms with Crippen LogP contribution in [0.5, 0.6) is 0 Å². The summed E-state index contributed by atoms with van der Waals surface area (Å²) in [6.45, 7) is 4.42. The van der Waals surface area contributed by atoms with Gasteiger partial charge in [0.1, 0.15) is 6.04 Å². The second-order valence-electron chi connectivity index (χ2n) is 4.78. The van der Waals surface area contributed by atoms with E-state index in [1.165, 1.54) is 0 Å². The molecule has 0 radical (unpaired) electrons. The molecule has 2 atom stereocenters. The first kappa shape index (κ1) is 14.5. The van der Waals surface area contributed by atoms with Crippen molar-refractivity contribution in [3.05, 3.63) is 20.8 Å². The van der Waals surface area contributed by atoms with Gasteiger partial charge in [-0.25, -0.2) is 0 Å². The zero-order valence-electron chi connectivity index (χ0n) is 11.0. The second-order valence-corrected chi connectivity index (χ2v) is 6.69. The maximum atomic E-state index is 12.4. The van der Waals surface area contributed by atoms with Crippen LogP contribution in [0.1, 0.15) is 31.6 Å². The first-order chi connectivity index (χ1) is 9.01. The molecule has 1 aromatic heterocycles. The van der Waals surface area contributed by atoms with Crippen molar-refractivity contribution in [3.63, 3.8) is 0 Å². The molecule has 1 saturated heterocycles. The van der Waals surface area contributed by atoms with Gasteiger partial charge in [0.2, 0.25) is 11.8 Å². The lowest BCUT2D eigenvalue weighted by Gasteiger charge is -2.28. The van der Waals surface area contributed by atoms with Crippen LogP contribution in [-0.4, -0.2) is 28.8 Å². The van der Waals surface area contributed by atoms with Gasteiger partial charge in [-0.05, 0) is 35.3 Å². The Kier molecular flexibility index (Phi) is 4.62. The van der Waals surface area contributed by atoms with E-state index in [1.807, 2.05) is 30.2 Å². The molecule has 1 aliphatic heterocycles. The lowest BCUT2D eigenvalue weighted by Crippen LogP contribution is -2.45. The predicted molar refractivity (Wildman–Crippen MR) is 78.9 cm³/mol. The largest absolute Gasteiger partial charge is 0.344 e. The van der Waals surface area contributed by atoms with Crippen LogP contribution in [0.2, 0.25) is 0 Å². The van der Waals surface area contributed by atoms with Crippen molar-refractivity contribution < 1.29 is 9.59 Å². The molecule has 0 bridgehead atoms. The third-order valence-corrected chi connectivity index (χ3v) is 4.97. The Morgan fingerprint density at radius 3 is 2.84 bits per heavy atom. The summed E-state index contributed by atoms with van der Waals surface area (Å²) in [4.78, 5) is 27.1. The average molecular weight is 345 g/mol. The summed E-state index contributed by atoms with van der Waals surface area (Å²) in [5, 5.41) is 4.80. The summed E-state index contributed by atoms with van der Waals surface area (Å²) < 4.78 is 1.03.